The Balaban J connectivity index is 2.12. The third-order valence-electron chi connectivity index (χ3n) is 2.67. The van der Waals surface area contributed by atoms with Gasteiger partial charge in [0, 0.05) is 12.3 Å². The second-order valence-electron chi connectivity index (χ2n) is 3.83. The molecule has 1 atom stereocenters. The van der Waals surface area contributed by atoms with E-state index in [2.05, 4.69) is 24.2 Å². The number of rotatable bonds is 6. The summed E-state index contributed by atoms with van der Waals surface area (Å²) < 4.78 is 0. The third kappa shape index (κ3) is 4.36. The van der Waals surface area contributed by atoms with Gasteiger partial charge in [0.25, 0.3) is 0 Å². The van der Waals surface area contributed by atoms with Gasteiger partial charge < -0.3 is 5.32 Å². The molecule has 0 bridgehead atoms. The van der Waals surface area contributed by atoms with Crippen molar-refractivity contribution in [2.24, 2.45) is 10.9 Å². The van der Waals surface area contributed by atoms with Crippen LogP contribution in [-0.2, 0) is 0 Å². The number of nitrogens with zero attached hydrogens (tertiary/aromatic N) is 1. The summed E-state index contributed by atoms with van der Waals surface area (Å²) in [5, 5.41) is 4.62. The van der Waals surface area contributed by atoms with Gasteiger partial charge in [0.15, 0.2) is 5.17 Å². The first-order valence-electron chi connectivity index (χ1n) is 5.78. The first-order valence-corrected chi connectivity index (χ1v) is 6.76. The lowest BCUT2D eigenvalue weighted by atomic mass is 10.00. The first kappa shape index (κ1) is 11.9. The van der Waals surface area contributed by atoms with Gasteiger partial charge in [-0.25, -0.2) is 0 Å². The van der Waals surface area contributed by atoms with Gasteiger partial charge in [0.1, 0.15) is 0 Å². The van der Waals surface area contributed by atoms with Crippen LogP contribution in [0.4, 0.5) is 0 Å². The van der Waals surface area contributed by atoms with E-state index in [4.69, 9.17) is 0 Å². The summed E-state index contributed by atoms with van der Waals surface area (Å²) in [4.78, 5) is 4.39. The van der Waals surface area contributed by atoms with E-state index in [1.165, 1.54) is 30.9 Å². The molecule has 0 saturated carbocycles. The summed E-state index contributed by atoms with van der Waals surface area (Å²) in [7, 11) is 0. The Labute approximate surface area is 92.0 Å². The molecule has 0 aromatic carbocycles. The minimum absolute atomic E-state index is 0.832. The number of nitrogens with one attached hydrogen (secondary N) is 1. The zero-order valence-electron chi connectivity index (χ0n) is 9.38. The fourth-order valence-electron chi connectivity index (χ4n) is 1.62. The Bertz CT molecular complexity index is 180. The summed E-state index contributed by atoms with van der Waals surface area (Å²) in [5.41, 5.74) is 0. The molecule has 0 aromatic rings. The molecule has 1 rings (SSSR count). The van der Waals surface area contributed by atoms with Gasteiger partial charge in [0.05, 0.1) is 6.54 Å². The van der Waals surface area contributed by atoms with Gasteiger partial charge in [-0.15, -0.1) is 0 Å². The van der Waals surface area contributed by atoms with Crippen LogP contribution < -0.4 is 5.32 Å². The summed E-state index contributed by atoms with van der Waals surface area (Å²) in [6, 6.07) is 0. The molecule has 1 N–H and O–H groups in total. The van der Waals surface area contributed by atoms with Crippen LogP contribution in [0.15, 0.2) is 4.99 Å². The molecule has 2 nitrogen and oxygen atoms in total. The molecule has 0 radical (unpaired) electrons. The van der Waals surface area contributed by atoms with Crippen LogP contribution in [-0.4, -0.2) is 24.0 Å². The highest BCUT2D eigenvalue weighted by Gasteiger charge is 2.09. The molecular formula is C11H22N2S. The molecule has 1 aliphatic heterocycles. The maximum absolute atomic E-state index is 4.39. The van der Waals surface area contributed by atoms with Crippen LogP contribution in [0.25, 0.3) is 0 Å². The molecule has 3 heteroatoms. The molecule has 0 saturated heterocycles. The Hall–Kier alpha value is -0.180. The molecular weight excluding hydrogens is 192 g/mol. The third-order valence-corrected chi connectivity index (χ3v) is 3.60. The first-order chi connectivity index (χ1) is 6.86. The van der Waals surface area contributed by atoms with Crippen LogP contribution in [0.3, 0.4) is 0 Å². The van der Waals surface area contributed by atoms with Crippen molar-refractivity contribution >= 4 is 16.9 Å². The van der Waals surface area contributed by atoms with Gasteiger partial charge in [-0.3, -0.25) is 4.99 Å². The van der Waals surface area contributed by atoms with E-state index in [1.54, 1.807) is 0 Å². The lowest BCUT2D eigenvalue weighted by Gasteiger charge is -2.15. The van der Waals surface area contributed by atoms with Gasteiger partial charge in [-0.1, -0.05) is 44.9 Å². The predicted molar refractivity (Wildman–Crippen MR) is 66.1 cm³/mol. The lowest BCUT2D eigenvalue weighted by molar-refractivity contribution is 0.447. The summed E-state index contributed by atoms with van der Waals surface area (Å²) in [6.07, 6.45) is 5.31. The number of hydrogen-bond acceptors (Lipinski definition) is 3. The van der Waals surface area contributed by atoms with Crippen molar-refractivity contribution in [3.8, 4) is 0 Å². The van der Waals surface area contributed by atoms with Crippen molar-refractivity contribution in [1.82, 2.24) is 5.32 Å². The van der Waals surface area contributed by atoms with E-state index in [0.717, 1.165) is 24.8 Å². The van der Waals surface area contributed by atoms with Crippen molar-refractivity contribution in [2.75, 3.05) is 18.8 Å². The fraction of sp³-hybridized carbons (Fsp3) is 0.909. The second kappa shape index (κ2) is 7.16. The normalized spacial score (nSPS) is 18.0. The highest BCUT2D eigenvalue weighted by molar-refractivity contribution is 8.14. The summed E-state index contributed by atoms with van der Waals surface area (Å²) in [6.45, 7) is 6.66. The van der Waals surface area contributed by atoms with E-state index in [0.29, 0.717) is 0 Å². The predicted octanol–water partition coefficient (Wildman–Crippen LogP) is 2.90. The SMILES string of the molecule is CCCC[C@H](CC)CNC1=NCCS1. The molecule has 0 aromatic heterocycles. The van der Waals surface area contributed by atoms with E-state index in [1.807, 2.05) is 11.8 Å². The maximum atomic E-state index is 4.39. The maximum Gasteiger partial charge on any atom is 0.156 e. The van der Waals surface area contributed by atoms with E-state index >= 15 is 0 Å². The van der Waals surface area contributed by atoms with Gasteiger partial charge in [-0.2, -0.15) is 0 Å². The van der Waals surface area contributed by atoms with Crippen LogP contribution in [0.2, 0.25) is 0 Å². The average molecular weight is 214 g/mol. The van der Waals surface area contributed by atoms with Crippen LogP contribution >= 0.6 is 11.8 Å². The summed E-state index contributed by atoms with van der Waals surface area (Å²) >= 11 is 1.86. The molecule has 0 aliphatic carbocycles. The molecule has 0 spiro atoms. The molecule has 0 amide bonds. The zero-order chi connectivity index (χ0) is 10.2. The number of aliphatic imine (C=N–C) groups is 1. The van der Waals surface area contributed by atoms with Crippen LogP contribution in [0.1, 0.15) is 39.5 Å². The van der Waals surface area contributed by atoms with Crippen molar-refractivity contribution in [3.05, 3.63) is 0 Å². The number of amidine groups is 1. The topological polar surface area (TPSA) is 24.4 Å². The molecule has 82 valence electrons. The minimum Gasteiger partial charge on any atom is -0.365 e. The molecule has 14 heavy (non-hydrogen) atoms. The average Bonchev–Trinajstić information content (AvgIpc) is 2.71. The molecule has 1 heterocycles. The van der Waals surface area contributed by atoms with Crippen molar-refractivity contribution in [2.45, 2.75) is 39.5 Å². The fourth-order valence-corrected chi connectivity index (χ4v) is 2.36. The van der Waals surface area contributed by atoms with Gasteiger partial charge in [-0.05, 0) is 12.3 Å². The monoisotopic (exact) mass is 214 g/mol. The Morgan fingerprint density at radius 3 is 2.93 bits per heavy atom. The lowest BCUT2D eigenvalue weighted by Crippen LogP contribution is -2.26. The van der Waals surface area contributed by atoms with Crippen molar-refractivity contribution in [1.29, 1.82) is 0 Å². The standard InChI is InChI=1S/C11H22N2S/c1-3-5-6-10(4-2)9-13-11-12-7-8-14-11/h10H,3-9H2,1-2H3,(H,12,13)/t10-/m0/s1. The number of hydrogen-bond donors (Lipinski definition) is 1. The molecule has 0 fully saturated rings. The zero-order valence-corrected chi connectivity index (χ0v) is 10.2. The summed E-state index contributed by atoms with van der Waals surface area (Å²) in [5.74, 6) is 1.99. The van der Waals surface area contributed by atoms with Crippen LogP contribution in [0, 0.1) is 5.92 Å². The minimum atomic E-state index is 0.832. The smallest absolute Gasteiger partial charge is 0.156 e. The molecule has 0 unspecified atom stereocenters. The van der Waals surface area contributed by atoms with Gasteiger partial charge >= 0.3 is 0 Å². The highest BCUT2D eigenvalue weighted by atomic mass is 32.2. The van der Waals surface area contributed by atoms with Crippen molar-refractivity contribution < 1.29 is 0 Å². The Morgan fingerprint density at radius 2 is 2.36 bits per heavy atom. The molecule has 1 aliphatic rings. The Kier molecular flexibility index (Phi) is 6.08. The largest absolute Gasteiger partial charge is 0.365 e. The quantitative estimate of drug-likeness (QED) is 0.735. The van der Waals surface area contributed by atoms with E-state index in [9.17, 15) is 0 Å². The van der Waals surface area contributed by atoms with Gasteiger partial charge in [0.2, 0.25) is 0 Å². The Morgan fingerprint density at radius 1 is 1.50 bits per heavy atom. The second-order valence-corrected chi connectivity index (χ2v) is 4.92. The highest BCUT2D eigenvalue weighted by Crippen LogP contribution is 2.13. The van der Waals surface area contributed by atoms with E-state index in [-0.39, 0.29) is 0 Å². The number of thioether (sulfide) groups is 1. The number of unbranched alkanes of at least 4 members (excludes halogenated alkanes) is 1. The van der Waals surface area contributed by atoms with Crippen molar-refractivity contribution in [3.63, 3.8) is 0 Å². The van der Waals surface area contributed by atoms with Crippen LogP contribution in [0.5, 0.6) is 0 Å². The van der Waals surface area contributed by atoms with E-state index < -0.39 is 0 Å².